The number of hydrogen-bond acceptors (Lipinski definition) is 15. The summed E-state index contributed by atoms with van der Waals surface area (Å²) in [6, 6.07) is 15.9. The van der Waals surface area contributed by atoms with E-state index in [1.54, 1.807) is 0 Å². The first-order valence-corrected chi connectivity index (χ1v) is 20.1. The summed E-state index contributed by atoms with van der Waals surface area (Å²) in [6.45, 7) is 17.4. The van der Waals surface area contributed by atoms with E-state index < -0.39 is 0 Å². The van der Waals surface area contributed by atoms with Gasteiger partial charge in [-0.05, 0) is 26.2 Å². The van der Waals surface area contributed by atoms with Gasteiger partial charge in [0.05, 0.1) is 53.8 Å². The zero-order valence-electron chi connectivity index (χ0n) is 33.0. The number of benzene rings is 2. The Balaban J connectivity index is 0.000000190. The topological polar surface area (TPSA) is 157 Å². The van der Waals surface area contributed by atoms with Crippen LogP contribution in [0.3, 0.4) is 0 Å². The normalized spacial score (nSPS) is 19.2. The molecule has 0 atom stereocenters. The molecule has 4 fully saturated rings. The molecule has 0 unspecified atom stereocenters. The SMILES string of the molecule is CN1CCN(c2nc3ccccc3c(NCCN3CCOCC3)c2N)CC1.CN1CCN(c2nc3ccccc3c(NCCN3CCOCC3)c2[N+](=O)[O-])CC1.[HH]. The first kappa shape index (κ1) is 39.6. The molecule has 4 aliphatic rings. The van der Waals surface area contributed by atoms with Gasteiger partial charge in [0.1, 0.15) is 5.69 Å². The minimum absolute atomic E-state index is 0. The summed E-state index contributed by atoms with van der Waals surface area (Å²) in [5.74, 6) is 1.38. The van der Waals surface area contributed by atoms with Crippen LogP contribution in [0.2, 0.25) is 0 Å². The highest BCUT2D eigenvalue weighted by molar-refractivity contribution is 6.01. The highest BCUT2D eigenvalue weighted by Gasteiger charge is 2.30. The molecule has 2 aromatic carbocycles. The average Bonchev–Trinajstić information content (AvgIpc) is 3.23. The van der Waals surface area contributed by atoms with E-state index in [0.29, 0.717) is 18.1 Å². The second-order valence-electron chi connectivity index (χ2n) is 15.0. The minimum Gasteiger partial charge on any atom is -0.394 e. The van der Waals surface area contributed by atoms with Gasteiger partial charge in [0.15, 0.2) is 5.82 Å². The lowest BCUT2D eigenvalue weighted by molar-refractivity contribution is -0.383. The van der Waals surface area contributed by atoms with Crippen LogP contribution in [0.25, 0.3) is 21.8 Å². The molecule has 0 saturated carbocycles. The molecule has 6 heterocycles. The van der Waals surface area contributed by atoms with Crippen molar-refractivity contribution in [2.75, 3.05) is 171 Å². The summed E-state index contributed by atoms with van der Waals surface area (Å²) in [5, 5.41) is 21.0. The van der Waals surface area contributed by atoms with Gasteiger partial charge in [-0.2, -0.15) is 0 Å². The number of aromatic nitrogens is 2. The van der Waals surface area contributed by atoms with Gasteiger partial charge in [0.25, 0.3) is 0 Å². The molecular formula is C40H60N12O4. The minimum atomic E-state index is -0.288. The van der Waals surface area contributed by atoms with E-state index in [9.17, 15) is 10.1 Å². The summed E-state index contributed by atoms with van der Waals surface area (Å²) in [7, 11) is 4.23. The number of pyridine rings is 2. The van der Waals surface area contributed by atoms with Crippen LogP contribution in [0.5, 0.6) is 0 Å². The maximum Gasteiger partial charge on any atom is 0.335 e. The summed E-state index contributed by atoms with van der Waals surface area (Å²) >= 11 is 0. The molecule has 56 heavy (non-hydrogen) atoms. The number of morpholine rings is 2. The zero-order chi connectivity index (χ0) is 38.9. The lowest BCUT2D eigenvalue weighted by Gasteiger charge is -2.34. The van der Waals surface area contributed by atoms with Crippen molar-refractivity contribution in [2.24, 2.45) is 0 Å². The predicted octanol–water partition coefficient (Wildman–Crippen LogP) is 3.20. The molecule has 0 amide bonds. The number of nitrogens with zero attached hydrogens (tertiary/aromatic N) is 9. The van der Waals surface area contributed by atoms with Gasteiger partial charge in [-0.3, -0.25) is 19.9 Å². The third kappa shape index (κ3) is 9.68. The van der Waals surface area contributed by atoms with E-state index in [0.717, 1.165) is 164 Å². The molecule has 16 nitrogen and oxygen atoms in total. The van der Waals surface area contributed by atoms with Crippen molar-refractivity contribution in [3.8, 4) is 0 Å². The molecule has 0 aliphatic carbocycles. The number of para-hydroxylation sites is 2. The first-order chi connectivity index (χ1) is 27.4. The van der Waals surface area contributed by atoms with Crippen molar-refractivity contribution in [1.82, 2.24) is 29.6 Å². The van der Waals surface area contributed by atoms with Crippen molar-refractivity contribution in [3.63, 3.8) is 0 Å². The Morgan fingerprint density at radius 2 is 1.09 bits per heavy atom. The maximum absolute atomic E-state index is 12.1. The Labute approximate surface area is 331 Å². The van der Waals surface area contributed by atoms with E-state index >= 15 is 0 Å². The van der Waals surface area contributed by atoms with E-state index in [4.69, 9.17) is 25.2 Å². The molecular weight excluding hydrogens is 713 g/mol. The van der Waals surface area contributed by atoms with Crippen LogP contribution >= 0.6 is 0 Å². The molecule has 4 aromatic rings. The number of fused-ring (bicyclic) bond motifs is 2. The van der Waals surface area contributed by atoms with Crippen LogP contribution in [0.1, 0.15) is 1.43 Å². The Bertz CT molecular complexity index is 1910. The summed E-state index contributed by atoms with van der Waals surface area (Å²) in [5.41, 5.74) is 10.8. The monoisotopic (exact) mass is 772 g/mol. The number of nitrogen functional groups attached to an aromatic ring is 1. The summed E-state index contributed by atoms with van der Waals surface area (Å²) < 4.78 is 10.8. The average molecular weight is 773 g/mol. The Morgan fingerprint density at radius 1 is 0.661 bits per heavy atom. The fourth-order valence-electron chi connectivity index (χ4n) is 7.77. The van der Waals surface area contributed by atoms with Crippen molar-refractivity contribution in [2.45, 2.75) is 0 Å². The number of nitrogens with one attached hydrogen (secondary N) is 2. The molecule has 16 heteroatoms. The Morgan fingerprint density at radius 3 is 1.59 bits per heavy atom. The fourth-order valence-corrected chi connectivity index (χ4v) is 7.77. The number of likely N-dealkylation sites (N-methyl/N-ethyl adjacent to an activating group) is 2. The number of hydrogen-bond donors (Lipinski definition) is 3. The lowest BCUT2D eigenvalue weighted by atomic mass is 10.1. The van der Waals surface area contributed by atoms with Crippen LogP contribution in [-0.2, 0) is 9.47 Å². The molecule has 2 aromatic heterocycles. The zero-order valence-corrected chi connectivity index (χ0v) is 33.0. The highest BCUT2D eigenvalue weighted by atomic mass is 16.6. The third-order valence-electron chi connectivity index (χ3n) is 11.2. The lowest BCUT2D eigenvalue weighted by Crippen LogP contribution is -2.45. The van der Waals surface area contributed by atoms with Gasteiger partial charge >= 0.3 is 5.69 Å². The number of anilines is 5. The number of rotatable bonds is 11. The molecule has 4 saturated heterocycles. The maximum atomic E-state index is 12.1. The van der Waals surface area contributed by atoms with Crippen LogP contribution in [0.15, 0.2) is 48.5 Å². The second-order valence-corrected chi connectivity index (χ2v) is 15.0. The van der Waals surface area contributed by atoms with Gasteiger partial charge in [-0.25, -0.2) is 9.97 Å². The van der Waals surface area contributed by atoms with E-state index in [2.05, 4.69) is 61.4 Å². The fraction of sp³-hybridized carbons (Fsp3) is 0.550. The predicted molar refractivity (Wildman–Crippen MR) is 228 cm³/mol. The van der Waals surface area contributed by atoms with Crippen molar-refractivity contribution in [1.29, 1.82) is 0 Å². The van der Waals surface area contributed by atoms with Crippen LogP contribution in [-0.4, -0.2) is 180 Å². The number of ether oxygens (including phenoxy) is 2. The quantitative estimate of drug-likeness (QED) is 0.151. The summed E-state index contributed by atoms with van der Waals surface area (Å²) in [4.78, 5) is 35.1. The number of piperazine rings is 2. The molecule has 8 rings (SSSR count). The molecule has 4 aliphatic heterocycles. The molecule has 0 bridgehead atoms. The van der Waals surface area contributed by atoms with Gasteiger partial charge in [-0.1, -0.05) is 36.4 Å². The molecule has 304 valence electrons. The molecule has 0 radical (unpaired) electrons. The molecule has 0 spiro atoms. The smallest absolute Gasteiger partial charge is 0.335 e. The van der Waals surface area contributed by atoms with Crippen molar-refractivity contribution < 1.29 is 15.8 Å². The first-order valence-electron chi connectivity index (χ1n) is 20.1. The number of nitro groups is 1. The van der Waals surface area contributed by atoms with Crippen LogP contribution in [0, 0.1) is 10.1 Å². The van der Waals surface area contributed by atoms with Crippen LogP contribution < -0.4 is 26.2 Å². The largest absolute Gasteiger partial charge is 0.394 e. The molecule has 4 N–H and O–H groups in total. The van der Waals surface area contributed by atoms with Gasteiger partial charge in [0.2, 0.25) is 5.82 Å². The number of nitrogens with two attached hydrogens (primary N) is 1. The summed E-state index contributed by atoms with van der Waals surface area (Å²) in [6.07, 6.45) is 0. The third-order valence-corrected chi connectivity index (χ3v) is 11.2. The van der Waals surface area contributed by atoms with Crippen molar-refractivity contribution >= 4 is 56.2 Å². The standard InChI is InChI=1S/C20H28N6O3.C20H30N6O.H2/c1-23-8-10-25(11-9-23)20-19(26(27)28)18(16-4-2-3-5-17(16)22-20)21-6-7-24-12-14-29-15-13-24;1-24-8-10-26(11-9-24)20-18(21)19(16-4-2-3-5-17(16)23-20)22-6-7-25-12-14-27-15-13-25;/h2-5H,6-15H2,1H3,(H,21,22);2-5H,6-15,21H2,1H3,(H,22,23);1H. The Kier molecular flexibility index (Phi) is 13.5. The van der Waals surface area contributed by atoms with E-state index in [1.807, 2.05) is 41.3 Å². The van der Waals surface area contributed by atoms with Gasteiger partial charge in [-0.15, -0.1) is 0 Å². The van der Waals surface area contributed by atoms with Crippen molar-refractivity contribution in [3.05, 3.63) is 58.6 Å². The van der Waals surface area contributed by atoms with Gasteiger partial charge in [0, 0.05) is 117 Å². The Hall–Kier alpha value is -4.58. The van der Waals surface area contributed by atoms with E-state index in [1.165, 1.54) is 0 Å². The highest BCUT2D eigenvalue weighted by Crippen LogP contribution is 2.40. The second kappa shape index (κ2) is 19.0. The van der Waals surface area contributed by atoms with Crippen LogP contribution in [0.4, 0.5) is 34.4 Å². The van der Waals surface area contributed by atoms with Gasteiger partial charge < -0.3 is 45.4 Å². The van der Waals surface area contributed by atoms with E-state index in [-0.39, 0.29) is 12.0 Å².